The number of nitrogens with two attached hydrogens (primary N) is 1. The molecule has 2 aromatic rings. The van der Waals surface area contributed by atoms with Gasteiger partial charge in [0.1, 0.15) is 18.6 Å². The van der Waals surface area contributed by atoms with Crippen LogP contribution >= 0.6 is 23.1 Å². The van der Waals surface area contributed by atoms with Crippen molar-refractivity contribution in [1.29, 1.82) is 0 Å². The van der Waals surface area contributed by atoms with Gasteiger partial charge in [0, 0.05) is 22.4 Å². The van der Waals surface area contributed by atoms with E-state index in [-0.39, 0.29) is 11.4 Å². The van der Waals surface area contributed by atoms with E-state index >= 15 is 0 Å². The van der Waals surface area contributed by atoms with Crippen molar-refractivity contribution in [2.24, 2.45) is 15.9 Å². The quantitative estimate of drug-likeness (QED) is 0.337. The second-order valence-corrected chi connectivity index (χ2v) is 8.37. The van der Waals surface area contributed by atoms with E-state index in [2.05, 4.69) is 25.8 Å². The molecule has 4 N–H and O–H groups in total. The molecule has 0 radical (unpaired) electrons. The lowest BCUT2D eigenvalue weighted by Gasteiger charge is -2.30. The van der Waals surface area contributed by atoms with Crippen LogP contribution in [-0.2, 0) is 20.0 Å². The molecule has 30 heavy (non-hydrogen) atoms. The largest absolute Gasteiger partial charge is 0.398 e. The Morgan fingerprint density at radius 1 is 1.47 bits per heavy atom. The van der Waals surface area contributed by atoms with Gasteiger partial charge in [0.15, 0.2) is 16.0 Å². The third-order valence-corrected chi connectivity index (χ3v) is 5.90. The Bertz CT molecular complexity index is 1030. The number of halogens is 1. The molecular formula is C18H19FN6O3S2. The molecule has 1 atom stereocenters. The number of carbonyl (C=O) groups is 2. The van der Waals surface area contributed by atoms with Crippen LogP contribution in [0.25, 0.3) is 0 Å². The monoisotopic (exact) mass is 450 g/mol. The summed E-state index contributed by atoms with van der Waals surface area (Å²) < 4.78 is 14.6. The number of hydrogen-bond acceptors (Lipinski definition) is 9. The highest BCUT2D eigenvalue weighted by Gasteiger charge is 2.32. The lowest BCUT2D eigenvalue weighted by atomic mass is 9.89. The van der Waals surface area contributed by atoms with Gasteiger partial charge in [-0.3, -0.25) is 14.6 Å². The number of aromatic nitrogens is 1. The summed E-state index contributed by atoms with van der Waals surface area (Å²) in [6.45, 7) is 1.80. The average Bonchev–Trinajstić information content (AvgIpc) is 3.15. The van der Waals surface area contributed by atoms with Crippen LogP contribution in [0.2, 0.25) is 0 Å². The van der Waals surface area contributed by atoms with Crippen LogP contribution in [0.4, 0.5) is 15.2 Å². The molecule has 0 spiro atoms. The Labute approximate surface area is 180 Å². The Kier molecular flexibility index (Phi) is 6.67. The maximum atomic E-state index is 14.6. The highest BCUT2D eigenvalue weighted by molar-refractivity contribution is 8.13. The van der Waals surface area contributed by atoms with Crippen LogP contribution in [0.5, 0.6) is 0 Å². The number of amidine groups is 1. The SMILES string of the molecule is CO/N=C(\C(=O)Nc1ccc(F)c(C2(C)CCSC(N)=N2)c1)c1csc(NC=O)n1. The summed E-state index contributed by atoms with van der Waals surface area (Å²) in [5.41, 5.74) is 5.83. The summed E-state index contributed by atoms with van der Waals surface area (Å²) in [5, 5.41) is 11.1. The number of anilines is 2. The van der Waals surface area contributed by atoms with Gasteiger partial charge in [-0.15, -0.1) is 11.3 Å². The molecule has 3 rings (SSSR count). The molecular weight excluding hydrogens is 431 g/mol. The van der Waals surface area contributed by atoms with Crippen LogP contribution in [0, 0.1) is 5.82 Å². The summed E-state index contributed by atoms with van der Waals surface area (Å²) >= 11 is 2.55. The molecule has 0 bridgehead atoms. The minimum Gasteiger partial charge on any atom is -0.398 e. The molecule has 158 valence electrons. The number of hydrogen-bond donors (Lipinski definition) is 3. The Hall–Kier alpha value is -2.99. The van der Waals surface area contributed by atoms with Crippen LogP contribution < -0.4 is 16.4 Å². The number of amides is 2. The van der Waals surface area contributed by atoms with Crippen molar-refractivity contribution >= 4 is 57.1 Å². The standard InChI is InChI=1S/C18H19FN6O3S2/c1-18(5-6-29-16(20)24-18)11-7-10(3-4-12(11)19)22-15(27)14(25-28-2)13-8-30-17(23-13)21-9-26/h3-4,7-9H,5-6H2,1-2H3,(H2,20,24)(H,22,27)(H,21,23,26)/b25-14-. The van der Waals surface area contributed by atoms with Crippen molar-refractivity contribution < 1.29 is 18.8 Å². The first-order valence-corrected chi connectivity index (χ1v) is 10.6. The van der Waals surface area contributed by atoms with Crippen molar-refractivity contribution in [3.05, 3.63) is 40.7 Å². The second kappa shape index (κ2) is 9.22. The summed E-state index contributed by atoms with van der Waals surface area (Å²) in [5.74, 6) is -0.327. The molecule has 0 fully saturated rings. The van der Waals surface area contributed by atoms with E-state index in [0.717, 1.165) is 11.3 Å². The summed E-state index contributed by atoms with van der Waals surface area (Å²) in [4.78, 5) is 36.6. The van der Waals surface area contributed by atoms with Gasteiger partial charge in [0.25, 0.3) is 5.91 Å². The molecule has 12 heteroatoms. The lowest BCUT2D eigenvalue weighted by Crippen LogP contribution is -2.30. The molecule has 0 saturated carbocycles. The van der Waals surface area contributed by atoms with Crippen molar-refractivity contribution in [2.45, 2.75) is 18.9 Å². The third-order valence-electron chi connectivity index (χ3n) is 4.33. The number of aliphatic imine (C=N–C) groups is 1. The van der Waals surface area contributed by atoms with Crippen LogP contribution in [0.3, 0.4) is 0 Å². The second-order valence-electron chi connectivity index (χ2n) is 6.39. The molecule has 0 saturated heterocycles. The molecule has 9 nitrogen and oxygen atoms in total. The van der Waals surface area contributed by atoms with Gasteiger partial charge in [-0.25, -0.2) is 9.37 Å². The topological polar surface area (TPSA) is 131 Å². The molecule has 1 aromatic heterocycles. The van der Waals surface area contributed by atoms with E-state index in [0.29, 0.717) is 40.1 Å². The number of thiazole rings is 1. The molecule has 1 aliphatic heterocycles. The summed E-state index contributed by atoms with van der Waals surface area (Å²) in [6, 6.07) is 4.24. The van der Waals surface area contributed by atoms with Crippen LogP contribution in [0.1, 0.15) is 24.6 Å². The van der Waals surface area contributed by atoms with Gasteiger partial charge in [0.2, 0.25) is 6.41 Å². The predicted molar refractivity (Wildman–Crippen MR) is 116 cm³/mol. The van der Waals surface area contributed by atoms with E-state index in [1.54, 1.807) is 12.3 Å². The van der Waals surface area contributed by atoms with Gasteiger partial charge in [-0.1, -0.05) is 16.9 Å². The van der Waals surface area contributed by atoms with Crippen molar-refractivity contribution in [3.8, 4) is 0 Å². The number of nitrogens with zero attached hydrogens (tertiary/aromatic N) is 3. The smallest absolute Gasteiger partial charge is 0.280 e. The minimum atomic E-state index is -0.825. The molecule has 1 aliphatic rings. The van der Waals surface area contributed by atoms with Crippen molar-refractivity contribution in [1.82, 2.24) is 4.98 Å². The lowest BCUT2D eigenvalue weighted by molar-refractivity contribution is -0.110. The third kappa shape index (κ3) is 4.76. The van der Waals surface area contributed by atoms with Gasteiger partial charge in [-0.2, -0.15) is 0 Å². The minimum absolute atomic E-state index is 0.0962. The highest BCUT2D eigenvalue weighted by atomic mass is 32.2. The number of nitrogens with one attached hydrogen (secondary N) is 2. The average molecular weight is 451 g/mol. The Morgan fingerprint density at radius 2 is 2.27 bits per heavy atom. The maximum absolute atomic E-state index is 14.6. The summed E-state index contributed by atoms with van der Waals surface area (Å²) in [6.07, 6.45) is 1.09. The number of thioether (sulfide) groups is 1. The van der Waals surface area contributed by atoms with E-state index in [4.69, 9.17) is 10.6 Å². The molecule has 1 aromatic carbocycles. The van der Waals surface area contributed by atoms with E-state index in [9.17, 15) is 14.0 Å². The number of benzene rings is 1. The zero-order valence-corrected chi connectivity index (χ0v) is 17.8. The fraction of sp³-hybridized carbons (Fsp3) is 0.278. The van der Waals surface area contributed by atoms with Gasteiger partial charge in [-0.05, 0) is 31.5 Å². The number of carbonyl (C=O) groups excluding carboxylic acids is 2. The fourth-order valence-corrected chi connectivity index (χ4v) is 4.51. The van der Waals surface area contributed by atoms with E-state index in [1.165, 1.54) is 37.1 Å². The highest BCUT2D eigenvalue weighted by Crippen LogP contribution is 2.37. The van der Waals surface area contributed by atoms with Gasteiger partial charge < -0.3 is 21.2 Å². The van der Waals surface area contributed by atoms with E-state index in [1.807, 2.05) is 0 Å². The van der Waals surface area contributed by atoms with Gasteiger partial charge in [0.05, 0.1) is 5.54 Å². The fourth-order valence-electron chi connectivity index (χ4n) is 2.88. The van der Waals surface area contributed by atoms with Crippen molar-refractivity contribution in [3.63, 3.8) is 0 Å². The van der Waals surface area contributed by atoms with Crippen molar-refractivity contribution in [2.75, 3.05) is 23.5 Å². The zero-order valence-electron chi connectivity index (χ0n) is 16.1. The first-order valence-electron chi connectivity index (χ1n) is 8.73. The molecule has 2 amide bonds. The number of oxime groups is 1. The normalized spacial score (nSPS) is 19.0. The first kappa shape index (κ1) is 21.7. The zero-order chi connectivity index (χ0) is 21.7. The molecule has 1 unspecified atom stereocenters. The van der Waals surface area contributed by atoms with E-state index < -0.39 is 17.3 Å². The number of rotatable bonds is 7. The van der Waals surface area contributed by atoms with Crippen LogP contribution in [0.15, 0.2) is 33.7 Å². The predicted octanol–water partition coefficient (Wildman–Crippen LogP) is 2.51. The first-order chi connectivity index (χ1) is 14.4. The Balaban J connectivity index is 1.87. The van der Waals surface area contributed by atoms with Gasteiger partial charge >= 0.3 is 0 Å². The van der Waals surface area contributed by atoms with Crippen LogP contribution in [-0.4, -0.2) is 41.0 Å². The summed E-state index contributed by atoms with van der Waals surface area (Å²) in [7, 11) is 1.30. The molecule has 2 heterocycles. The maximum Gasteiger partial charge on any atom is 0.280 e. The Morgan fingerprint density at radius 3 is 2.97 bits per heavy atom. The molecule has 0 aliphatic carbocycles.